The molecule has 8 heteroatoms. The zero-order valence-corrected chi connectivity index (χ0v) is 20.2. The molecule has 1 aromatic carbocycles. The number of para-hydroxylation sites is 1. The van der Waals surface area contributed by atoms with Gasteiger partial charge in [0.05, 0.1) is 16.9 Å². The predicted octanol–water partition coefficient (Wildman–Crippen LogP) is 4.19. The largest absolute Gasteiger partial charge is 0.478 e. The Morgan fingerprint density at radius 2 is 1.79 bits per heavy atom. The quantitative estimate of drug-likeness (QED) is 0.415. The van der Waals surface area contributed by atoms with E-state index < -0.39 is 11.6 Å². The molecule has 176 valence electrons. The minimum atomic E-state index is -0.611. The molecule has 0 saturated carbocycles. The number of rotatable bonds is 5. The van der Waals surface area contributed by atoms with Crippen molar-refractivity contribution < 1.29 is 14.3 Å². The molecular weight excluding hydrogens is 432 g/mol. The molecule has 4 rings (SSSR count). The molecule has 0 saturated heterocycles. The number of carbonyl (C=O) groups is 1. The topological polar surface area (TPSA) is 87.7 Å². The summed E-state index contributed by atoms with van der Waals surface area (Å²) in [5, 5.41) is 4.73. The maximum absolute atomic E-state index is 13.5. The second-order valence-corrected chi connectivity index (χ2v) is 9.19. The lowest BCUT2D eigenvalue weighted by Crippen LogP contribution is -2.27. The van der Waals surface area contributed by atoms with E-state index in [0.29, 0.717) is 28.3 Å². The van der Waals surface area contributed by atoms with Crippen LogP contribution in [0.5, 0.6) is 5.75 Å². The van der Waals surface area contributed by atoms with E-state index in [9.17, 15) is 9.59 Å². The van der Waals surface area contributed by atoms with Crippen LogP contribution in [0.3, 0.4) is 0 Å². The Balaban J connectivity index is 1.73. The second kappa shape index (κ2) is 8.78. The normalized spacial score (nSPS) is 11.6. The Kier molecular flexibility index (Phi) is 6.00. The summed E-state index contributed by atoms with van der Waals surface area (Å²) in [6, 6.07) is 13.2. The number of benzene rings is 1. The smallest absolute Gasteiger partial charge is 0.344 e. The molecule has 3 aromatic heterocycles. The van der Waals surface area contributed by atoms with Crippen LogP contribution in [0.15, 0.2) is 53.5 Å². The zero-order chi connectivity index (χ0) is 24.6. The van der Waals surface area contributed by atoms with Crippen LogP contribution in [0, 0.1) is 20.8 Å². The summed E-state index contributed by atoms with van der Waals surface area (Å²) in [6.07, 6.45) is 1.62. The van der Waals surface area contributed by atoms with Gasteiger partial charge in [0.15, 0.2) is 18.0 Å². The molecule has 0 amide bonds. The van der Waals surface area contributed by atoms with E-state index in [1.165, 1.54) is 4.40 Å². The molecule has 4 aromatic rings. The number of hydrogen-bond acceptors (Lipinski definition) is 6. The minimum absolute atomic E-state index is 0.264. The average molecular weight is 461 g/mol. The van der Waals surface area contributed by atoms with Crippen molar-refractivity contribution in [3.63, 3.8) is 0 Å². The third kappa shape index (κ3) is 4.57. The summed E-state index contributed by atoms with van der Waals surface area (Å²) in [6.45, 7) is 10.8. The highest BCUT2D eigenvalue weighted by molar-refractivity contribution is 5.72. The summed E-state index contributed by atoms with van der Waals surface area (Å²) in [4.78, 5) is 30.2. The molecule has 0 spiro atoms. The molecule has 34 heavy (non-hydrogen) atoms. The van der Waals surface area contributed by atoms with Gasteiger partial charge in [0.2, 0.25) is 0 Å². The third-order valence-electron chi connectivity index (χ3n) is 5.25. The Hall–Kier alpha value is -3.94. The van der Waals surface area contributed by atoms with Crippen molar-refractivity contribution >= 4 is 11.6 Å². The fraction of sp³-hybridized carbons (Fsp3) is 0.308. The monoisotopic (exact) mass is 460 g/mol. The summed E-state index contributed by atoms with van der Waals surface area (Å²) < 4.78 is 14.2. The van der Waals surface area contributed by atoms with E-state index in [0.717, 1.165) is 16.9 Å². The van der Waals surface area contributed by atoms with Gasteiger partial charge in [-0.15, -0.1) is 0 Å². The van der Waals surface area contributed by atoms with E-state index in [-0.39, 0.29) is 12.2 Å². The van der Waals surface area contributed by atoms with Crippen LogP contribution in [-0.2, 0) is 9.53 Å². The van der Waals surface area contributed by atoms with Gasteiger partial charge >= 0.3 is 5.97 Å². The Morgan fingerprint density at radius 1 is 1.06 bits per heavy atom. The molecule has 0 N–H and O–H groups in total. The van der Waals surface area contributed by atoms with Gasteiger partial charge in [0, 0.05) is 11.9 Å². The Labute approximate surface area is 197 Å². The molecule has 0 unspecified atom stereocenters. The highest BCUT2D eigenvalue weighted by Crippen LogP contribution is 2.25. The summed E-state index contributed by atoms with van der Waals surface area (Å²) in [5.74, 6) is -0.177. The number of fused-ring (bicyclic) bond motifs is 1. The molecular formula is C26H28N4O4. The zero-order valence-electron chi connectivity index (χ0n) is 20.2. The van der Waals surface area contributed by atoms with Gasteiger partial charge in [-0.2, -0.15) is 5.10 Å². The van der Waals surface area contributed by atoms with Crippen LogP contribution < -0.4 is 10.3 Å². The fourth-order valence-corrected chi connectivity index (χ4v) is 3.80. The highest BCUT2D eigenvalue weighted by Gasteiger charge is 2.20. The maximum Gasteiger partial charge on any atom is 0.344 e. The summed E-state index contributed by atoms with van der Waals surface area (Å²) in [7, 11) is 0. The number of ether oxygens (including phenoxy) is 2. The van der Waals surface area contributed by atoms with Crippen molar-refractivity contribution in [1.29, 1.82) is 0 Å². The molecule has 0 atom stereocenters. The van der Waals surface area contributed by atoms with Gasteiger partial charge in [-0.25, -0.2) is 14.5 Å². The first kappa shape index (κ1) is 23.2. The molecule has 0 aliphatic heterocycles. The Morgan fingerprint density at radius 3 is 2.50 bits per heavy atom. The molecule has 0 radical (unpaired) electrons. The highest BCUT2D eigenvalue weighted by atomic mass is 16.6. The average Bonchev–Trinajstić information content (AvgIpc) is 3.12. The first-order valence-corrected chi connectivity index (χ1v) is 11.0. The van der Waals surface area contributed by atoms with Crippen LogP contribution in [0.25, 0.3) is 22.6 Å². The number of aryl methyl sites for hydroxylation is 3. The standard InChI is InChI=1S/C26H28N4O4/c1-16-10-7-8-11-20(16)30-17(2)14-19(28-30)23-18(3)27-24-21(12-9-13-29(24)25(23)32)33-15-22(31)34-26(4,5)6/h7-14H,15H2,1-6H3. The van der Waals surface area contributed by atoms with Crippen LogP contribution in [0.4, 0.5) is 0 Å². The first-order valence-electron chi connectivity index (χ1n) is 11.0. The van der Waals surface area contributed by atoms with Gasteiger partial charge in [-0.3, -0.25) is 9.20 Å². The van der Waals surface area contributed by atoms with Crippen LogP contribution in [0.1, 0.15) is 37.7 Å². The SMILES string of the molecule is Cc1ccccc1-n1nc(-c2c(C)nc3c(OCC(=O)OC(C)(C)C)cccn3c2=O)cc1C. The van der Waals surface area contributed by atoms with Crippen molar-refractivity contribution in [2.75, 3.05) is 6.61 Å². The fourth-order valence-electron chi connectivity index (χ4n) is 3.80. The number of hydrogen-bond donors (Lipinski definition) is 0. The van der Waals surface area contributed by atoms with Crippen LogP contribution >= 0.6 is 0 Å². The molecule has 0 aliphatic rings. The van der Waals surface area contributed by atoms with E-state index in [1.807, 2.05) is 48.9 Å². The van der Waals surface area contributed by atoms with Crippen molar-refractivity contribution in [2.45, 2.75) is 47.1 Å². The molecule has 0 bridgehead atoms. The maximum atomic E-state index is 13.5. The lowest BCUT2D eigenvalue weighted by Gasteiger charge is -2.19. The Bertz CT molecular complexity index is 1440. The van der Waals surface area contributed by atoms with Crippen molar-refractivity contribution in [3.8, 4) is 22.7 Å². The van der Waals surface area contributed by atoms with Gasteiger partial charge < -0.3 is 9.47 Å². The minimum Gasteiger partial charge on any atom is -0.478 e. The van der Waals surface area contributed by atoms with Crippen molar-refractivity contribution in [3.05, 3.63) is 76.0 Å². The second-order valence-electron chi connectivity index (χ2n) is 9.19. The van der Waals surface area contributed by atoms with Gasteiger partial charge in [0.1, 0.15) is 11.3 Å². The number of nitrogens with zero attached hydrogens (tertiary/aromatic N) is 4. The van der Waals surface area contributed by atoms with Crippen LogP contribution in [-0.4, -0.2) is 37.3 Å². The van der Waals surface area contributed by atoms with Crippen LogP contribution in [0.2, 0.25) is 0 Å². The molecule has 0 fully saturated rings. The summed E-state index contributed by atoms with van der Waals surface area (Å²) in [5.41, 5.74) is 3.87. The van der Waals surface area contributed by atoms with Gasteiger partial charge in [-0.05, 0) is 71.4 Å². The number of pyridine rings is 1. The third-order valence-corrected chi connectivity index (χ3v) is 5.25. The summed E-state index contributed by atoms with van der Waals surface area (Å²) >= 11 is 0. The van der Waals surface area contributed by atoms with E-state index >= 15 is 0 Å². The van der Waals surface area contributed by atoms with Gasteiger partial charge in [-0.1, -0.05) is 18.2 Å². The molecule has 8 nitrogen and oxygen atoms in total. The lowest BCUT2D eigenvalue weighted by atomic mass is 10.1. The van der Waals surface area contributed by atoms with Gasteiger partial charge in [0.25, 0.3) is 5.56 Å². The number of esters is 1. The molecule has 0 aliphatic carbocycles. The number of aromatic nitrogens is 4. The van der Waals surface area contributed by atoms with E-state index in [1.54, 1.807) is 46.0 Å². The number of carbonyl (C=O) groups excluding carboxylic acids is 1. The van der Waals surface area contributed by atoms with Crippen molar-refractivity contribution in [2.24, 2.45) is 0 Å². The predicted molar refractivity (Wildman–Crippen MR) is 130 cm³/mol. The van der Waals surface area contributed by atoms with E-state index in [4.69, 9.17) is 14.6 Å². The van der Waals surface area contributed by atoms with Crippen molar-refractivity contribution in [1.82, 2.24) is 19.2 Å². The van der Waals surface area contributed by atoms with E-state index in [2.05, 4.69) is 4.98 Å². The molecule has 3 heterocycles. The first-order chi connectivity index (χ1) is 16.0. The lowest BCUT2D eigenvalue weighted by molar-refractivity contribution is -0.157.